The van der Waals surface area contributed by atoms with Gasteiger partial charge in [0.2, 0.25) is 10.0 Å². The van der Waals surface area contributed by atoms with Crippen LogP contribution in [-0.2, 0) is 16.2 Å². The van der Waals surface area contributed by atoms with E-state index >= 15 is 0 Å². The van der Waals surface area contributed by atoms with E-state index in [1.807, 2.05) is 20.8 Å². The van der Waals surface area contributed by atoms with E-state index in [0.717, 1.165) is 22.6 Å². The number of nitrogens with zero attached hydrogens (tertiary/aromatic N) is 2. The highest BCUT2D eigenvalue weighted by atomic mass is 32.2. The van der Waals surface area contributed by atoms with E-state index in [4.69, 9.17) is 0 Å². The Bertz CT molecular complexity index is 699. The Balaban J connectivity index is 2.34. The molecular weight excluding hydrogens is 345 g/mol. The molecule has 1 aliphatic rings. The van der Waals surface area contributed by atoms with Gasteiger partial charge in [-0.05, 0) is 29.9 Å². The fourth-order valence-electron chi connectivity index (χ4n) is 3.08. The molecule has 0 aromatic carbocycles. The van der Waals surface area contributed by atoms with Gasteiger partial charge in [0.25, 0.3) is 0 Å². The van der Waals surface area contributed by atoms with Crippen LogP contribution in [0.3, 0.4) is 0 Å². The average molecular weight is 366 g/mol. The number of piperidine rings is 1. The lowest BCUT2D eigenvalue weighted by atomic mass is 9.74. The lowest BCUT2D eigenvalue weighted by molar-refractivity contribution is -0.143. The number of hydrogen-bond acceptors (Lipinski definition) is 4. The maximum Gasteiger partial charge on any atom is 0.434 e. The van der Waals surface area contributed by atoms with Crippen LogP contribution in [0.5, 0.6) is 0 Å². The maximum atomic E-state index is 13.0. The number of sulfonamides is 1. The molecule has 2 atom stereocenters. The third-order valence-electron chi connectivity index (χ3n) is 4.31. The number of pyridine rings is 1. The molecule has 9 heteroatoms. The normalized spacial score (nSPS) is 24.1. The van der Waals surface area contributed by atoms with Gasteiger partial charge in [0, 0.05) is 19.3 Å². The molecule has 2 heterocycles. The molecule has 24 heavy (non-hydrogen) atoms. The van der Waals surface area contributed by atoms with Gasteiger partial charge in [0.1, 0.15) is 4.90 Å². The number of halogens is 3. The maximum absolute atomic E-state index is 13.0. The second-order valence-electron chi connectivity index (χ2n) is 7.04. The SMILES string of the molecule is CC(C)(C)C1CCN(S(=O)(=O)c2cccnc2C(F)(F)F)CC1O. The highest BCUT2D eigenvalue weighted by Crippen LogP contribution is 2.38. The average Bonchev–Trinajstić information content (AvgIpc) is 2.45. The quantitative estimate of drug-likeness (QED) is 0.873. The number of β-amino-alcohol motifs (C(OH)–C–C–N with tert-alkyl or cyclic N) is 1. The molecule has 136 valence electrons. The summed E-state index contributed by atoms with van der Waals surface area (Å²) in [5.74, 6) is -0.125. The fraction of sp³-hybridized carbons (Fsp3) is 0.667. The van der Waals surface area contributed by atoms with Gasteiger partial charge in [-0.3, -0.25) is 4.98 Å². The van der Waals surface area contributed by atoms with Crippen LogP contribution >= 0.6 is 0 Å². The van der Waals surface area contributed by atoms with Crippen LogP contribution < -0.4 is 0 Å². The number of aromatic nitrogens is 1. The molecule has 0 saturated carbocycles. The van der Waals surface area contributed by atoms with Crippen LogP contribution in [0.4, 0.5) is 13.2 Å². The number of hydrogen-bond donors (Lipinski definition) is 1. The summed E-state index contributed by atoms with van der Waals surface area (Å²) in [4.78, 5) is 2.31. The minimum atomic E-state index is -4.87. The Labute approximate surface area is 139 Å². The van der Waals surface area contributed by atoms with Crippen molar-refractivity contribution in [3.63, 3.8) is 0 Å². The summed E-state index contributed by atoms with van der Waals surface area (Å²) >= 11 is 0. The fourth-order valence-corrected chi connectivity index (χ4v) is 4.72. The van der Waals surface area contributed by atoms with Crippen molar-refractivity contribution in [1.29, 1.82) is 0 Å². The predicted molar refractivity (Wildman–Crippen MR) is 81.6 cm³/mol. The van der Waals surface area contributed by atoms with Crippen molar-refractivity contribution in [3.8, 4) is 0 Å². The first kappa shape index (κ1) is 19.1. The van der Waals surface area contributed by atoms with Gasteiger partial charge in [-0.15, -0.1) is 0 Å². The molecule has 5 nitrogen and oxygen atoms in total. The van der Waals surface area contributed by atoms with Gasteiger partial charge in [-0.25, -0.2) is 8.42 Å². The molecule has 2 unspecified atom stereocenters. The zero-order chi connectivity index (χ0) is 18.3. The molecule has 1 fully saturated rings. The largest absolute Gasteiger partial charge is 0.434 e. The minimum Gasteiger partial charge on any atom is -0.391 e. The van der Waals surface area contributed by atoms with Gasteiger partial charge in [0.15, 0.2) is 5.69 Å². The number of alkyl halides is 3. The van der Waals surface area contributed by atoms with E-state index in [9.17, 15) is 26.7 Å². The molecule has 0 amide bonds. The minimum absolute atomic E-state index is 0.0630. The third-order valence-corrected chi connectivity index (χ3v) is 6.21. The third kappa shape index (κ3) is 3.73. The lowest BCUT2D eigenvalue weighted by Gasteiger charge is -2.41. The Kier molecular flexibility index (Phi) is 5.00. The van der Waals surface area contributed by atoms with Crippen LogP contribution in [0.15, 0.2) is 23.2 Å². The summed E-state index contributed by atoms with van der Waals surface area (Å²) in [6, 6.07) is 2.05. The predicted octanol–water partition coefficient (Wildman–Crippen LogP) is 2.52. The molecular formula is C15H21F3N2O3S. The Morgan fingerprint density at radius 3 is 2.42 bits per heavy atom. The Hall–Kier alpha value is -1.19. The van der Waals surface area contributed by atoms with Crippen molar-refractivity contribution in [2.24, 2.45) is 11.3 Å². The van der Waals surface area contributed by atoms with E-state index in [-0.39, 0.29) is 24.4 Å². The van der Waals surface area contributed by atoms with Crippen LogP contribution in [0.25, 0.3) is 0 Å². The second kappa shape index (κ2) is 6.27. The zero-order valence-corrected chi connectivity index (χ0v) is 14.5. The molecule has 0 bridgehead atoms. The topological polar surface area (TPSA) is 70.5 Å². The van der Waals surface area contributed by atoms with Gasteiger partial charge >= 0.3 is 6.18 Å². The van der Waals surface area contributed by atoms with Gasteiger partial charge in [-0.2, -0.15) is 17.5 Å². The molecule has 1 aromatic rings. The van der Waals surface area contributed by atoms with E-state index < -0.39 is 32.9 Å². The molecule has 0 radical (unpaired) electrons. The molecule has 1 N–H and O–H groups in total. The summed E-state index contributed by atoms with van der Waals surface area (Å²) in [5, 5.41) is 10.3. The number of aliphatic hydroxyl groups excluding tert-OH is 1. The molecule has 0 aliphatic carbocycles. The first-order chi connectivity index (χ1) is 10.8. The first-order valence-corrected chi connectivity index (χ1v) is 8.99. The van der Waals surface area contributed by atoms with Crippen LogP contribution in [0.1, 0.15) is 32.9 Å². The smallest absolute Gasteiger partial charge is 0.391 e. The first-order valence-electron chi connectivity index (χ1n) is 7.55. The summed E-state index contributed by atoms with van der Waals surface area (Å²) in [6.45, 7) is 5.65. The van der Waals surface area contributed by atoms with E-state index in [0.29, 0.717) is 6.42 Å². The zero-order valence-electron chi connectivity index (χ0n) is 13.7. The Morgan fingerprint density at radius 1 is 1.29 bits per heavy atom. The van der Waals surface area contributed by atoms with E-state index in [2.05, 4.69) is 4.98 Å². The molecule has 0 spiro atoms. The molecule has 1 saturated heterocycles. The molecule has 1 aliphatic heterocycles. The summed E-state index contributed by atoms with van der Waals surface area (Å²) in [6.07, 6.45) is -4.51. The number of rotatable bonds is 2. The second-order valence-corrected chi connectivity index (χ2v) is 8.95. The van der Waals surface area contributed by atoms with Gasteiger partial charge < -0.3 is 5.11 Å². The van der Waals surface area contributed by atoms with Crippen molar-refractivity contribution in [1.82, 2.24) is 9.29 Å². The molecule has 1 aromatic heterocycles. The Morgan fingerprint density at radius 2 is 1.92 bits per heavy atom. The van der Waals surface area contributed by atoms with Crippen molar-refractivity contribution >= 4 is 10.0 Å². The summed E-state index contributed by atoms with van der Waals surface area (Å²) in [7, 11) is -4.39. The van der Waals surface area contributed by atoms with Crippen molar-refractivity contribution in [2.45, 2.75) is 44.4 Å². The standard InChI is InChI=1S/C15H21F3N2O3S/c1-14(2,3)10-6-8-20(9-11(10)21)24(22,23)12-5-4-7-19-13(12)15(16,17)18/h4-5,7,10-11,21H,6,8-9H2,1-3H3. The van der Waals surface area contributed by atoms with E-state index in [1.165, 1.54) is 0 Å². The van der Waals surface area contributed by atoms with E-state index in [1.54, 1.807) is 0 Å². The van der Waals surface area contributed by atoms with Crippen LogP contribution in [0, 0.1) is 11.3 Å². The van der Waals surface area contributed by atoms with Crippen LogP contribution in [0.2, 0.25) is 0 Å². The van der Waals surface area contributed by atoms with Crippen molar-refractivity contribution < 1.29 is 26.7 Å². The highest BCUT2D eigenvalue weighted by Gasteiger charge is 2.44. The van der Waals surface area contributed by atoms with Crippen molar-refractivity contribution in [2.75, 3.05) is 13.1 Å². The monoisotopic (exact) mass is 366 g/mol. The molecule has 2 rings (SSSR count). The summed E-state index contributed by atoms with van der Waals surface area (Å²) < 4.78 is 65.3. The van der Waals surface area contributed by atoms with Crippen LogP contribution in [-0.4, -0.2) is 42.0 Å². The highest BCUT2D eigenvalue weighted by molar-refractivity contribution is 7.89. The van der Waals surface area contributed by atoms with Gasteiger partial charge in [-0.1, -0.05) is 20.8 Å². The lowest BCUT2D eigenvalue weighted by Crippen LogP contribution is -2.50. The van der Waals surface area contributed by atoms with Gasteiger partial charge in [0.05, 0.1) is 6.10 Å². The summed E-state index contributed by atoms with van der Waals surface area (Å²) in [5.41, 5.74) is -1.65. The van der Waals surface area contributed by atoms with Crippen molar-refractivity contribution in [3.05, 3.63) is 24.0 Å². The number of aliphatic hydroxyl groups is 1.